The number of hydrogen-bond acceptors (Lipinski definition) is 4. The van der Waals surface area contributed by atoms with Crippen molar-refractivity contribution in [3.05, 3.63) is 58.4 Å². The lowest BCUT2D eigenvalue weighted by molar-refractivity contribution is -0.201. The van der Waals surface area contributed by atoms with E-state index >= 15 is 0 Å². The van der Waals surface area contributed by atoms with Gasteiger partial charge in [0.2, 0.25) is 0 Å². The smallest absolute Gasteiger partial charge is 0.490 e. The van der Waals surface area contributed by atoms with Gasteiger partial charge in [0.1, 0.15) is 12.4 Å². The summed E-state index contributed by atoms with van der Waals surface area (Å²) >= 11 is 0. The van der Waals surface area contributed by atoms with Crippen LogP contribution in [0, 0.1) is 0 Å². The van der Waals surface area contributed by atoms with Gasteiger partial charge in [0, 0.05) is 0 Å². The molecule has 1 heterocycles. The molecular weight excluding hydrogens is 425 g/mol. The van der Waals surface area contributed by atoms with E-state index < -0.39 is 18.8 Å². The number of hydrogen-bond donors (Lipinski definition) is 0. The quantitative estimate of drug-likeness (QED) is 0.521. The van der Waals surface area contributed by atoms with Crippen LogP contribution in [-0.4, -0.2) is 28.6 Å². The van der Waals surface area contributed by atoms with Gasteiger partial charge in [-0.15, -0.1) is 0 Å². The van der Waals surface area contributed by atoms with Gasteiger partial charge in [-0.25, -0.2) is 9.48 Å². The maximum atomic E-state index is 13.4. The standard InChI is InChI=1S/C23H23F3N2O4/c1-31-18-10-8-17(9-11-18)28-21(29)19-13-15(14-32-22(30)23(24,25)26)7-12-20(19)27(28)16-5-3-2-4-6-16/h7-13,16H,2-6,14H2,1H3. The fraction of sp³-hybridized carbons (Fsp3) is 0.391. The SMILES string of the molecule is COc1ccc(-n2c(=O)c3cc(COC(=O)C(F)(F)F)ccc3n2C2CCCCC2)cc1. The number of carbonyl (C=O) groups is 1. The highest BCUT2D eigenvalue weighted by Gasteiger charge is 2.40. The second-order valence-electron chi connectivity index (χ2n) is 7.88. The van der Waals surface area contributed by atoms with Crippen LogP contribution in [0.15, 0.2) is 47.3 Å². The molecule has 1 aliphatic carbocycles. The Bertz CT molecular complexity index is 1170. The molecule has 32 heavy (non-hydrogen) atoms. The molecule has 0 bridgehead atoms. The summed E-state index contributed by atoms with van der Waals surface area (Å²) in [5, 5.41) is 0.368. The molecule has 9 heteroatoms. The number of rotatable bonds is 5. The number of halogens is 3. The molecule has 0 spiro atoms. The molecule has 0 N–H and O–H groups in total. The van der Waals surface area contributed by atoms with Crippen LogP contribution < -0.4 is 10.3 Å². The van der Waals surface area contributed by atoms with E-state index in [2.05, 4.69) is 4.74 Å². The number of carbonyl (C=O) groups excluding carboxylic acids is 1. The lowest BCUT2D eigenvalue weighted by atomic mass is 9.95. The monoisotopic (exact) mass is 448 g/mol. The largest absolute Gasteiger partial charge is 0.497 e. The fourth-order valence-corrected chi connectivity index (χ4v) is 4.25. The topological polar surface area (TPSA) is 62.5 Å². The van der Waals surface area contributed by atoms with Crippen molar-refractivity contribution in [2.75, 3.05) is 7.11 Å². The van der Waals surface area contributed by atoms with Crippen LogP contribution in [-0.2, 0) is 16.1 Å². The average Bonchev–Trinajstić information content (AvgIpc) is 3.09. The van der Waals surface area contributed by atoms with Gasteiger partial charge in [-0.05, 0) is 54.8 Å². The molecule has 1 fully saturated rings. The molecular formula is C23H23F3N2O4. The Hall–Kier alpha value is -3.23. The minimum atomic E-state index is -5.06. The lowest BCUT2D eigenvalue weighted by Gasteiger charge is -2.26. The second-order valence-corrected chi connectivity index (χ2v) is 7.88. The van der Waals surface area contributed by atoms with Gasteiger partial charge in [-0.1, -0.05) is 25.3 Å². The minimum Gasteiger partial charge on any atom is -0.497 e. The number of fused-ring (bicyclic) bond motifs is 1. The molecule has 0 saturated heterocycles. The van der Waals surface area contributed by atoms with Gasteiger partial charge in [-0.3, -0.25) is 9.48 Å². The van der Waals surface area contributed by atoms with Crippen molar-refractivity contribution in [3.8, 4) is 11.4 Å². The molecule has 6 nitrogen and oxygen atoms in total. The number of esters is 1. The first kappa shape index (κ1) is 22.0. The summed E-state index contributed by atoms with van der Waals surface area (Å²) < 4.78 is 50.5. The van der Waals surface area contributed by atoms with E-state index in [0.29, 0.717) is 27.9 Å². The van der Waals surface area contributed by atoms with Gasteiger partial charge in [0.05, 0.1) is 29.7 Å². The van der Waals surface area contributed by atoms with E-state index in [1.807, 2.05) is 4.68 Å². The Morgan fingerprint density at radius 3 is 2.38 bits per heavy atom. The highest BCUT2D eigenvalue weighted by Crippen LogP contribution is 2.32. The lowest BCUT2D eigenvalue weighted by Crippen LogP contribution is -2.25. The number of benzene rings is 2. The first-order valence-electron chi connectivity index (χ1n) is 10.4. The Balaban J connectivity index is 1.78. The average molecular weight is 448 g/mol. The summed E-state index contributed by atoms with van der Waals surface area (Å²) in [7, 11) is 1.56. The molecule has 2 aromatic carbocycles. The summed E-state index contributed by atoms with van der Waals surface area (Å²) in [4.78, 5) is 24.5. The van der Waals surface area contributed by atoms with Crippen LogP contribution in [0.25, 0.3) is 16.6 Å². The Kier molecular flexibility index (Phi) is 5.99. The third kappa shape index (κ3) is 4.24. The zero-order valence-corrected chi connectivity index (χ0v) is 17.5. The maximum absolute atomic E-state index is 13.4. The molecule has 0 aliphatic heterocycles. The van der Waals surface area contributed by atoms with Crippen molar-refractivity contribution in [2.45, 2.75) is 50.9 Å². The van der Waals surface area contributed by atoms with Crippen LogP contribution in [0.2, 0.25) is 0 Å². The van der Waals surface area contributed by atoms with Crippen LogP contribution in [0.1, 0.15) is 43.7 Å². The highest BCUT2D eigenvalue weighted by molar-refractivity contribution is 5.80. The molecule has 4 rings (SSSR count). The van der Waals surface area contributed by atoms with E-state index in [9.17, 15) is 22.8 Å². The van der Waals surface area contributed by atoms with E-state index in [1.165, 1.54) is 6.07 Å². The molecule has 1 aliphatic rings. The number of alkyl halides is 3. The Labute approximate surface area is 182 Å². The van der Waals surface area contributed by atoms with Crippen molar-refractivity contribution < 1.29 is 27.4 Å². The van der Waals surface area contributed by atoms with E-state index in [-0.39, 0.29) is 11.6 Å². The number of methoxy groups -OCH3 is 1. The van der Waals surface area contributed by atoms with Crippen molar-refractivity contribution >= 4 is 16.9 Å². The van der Waals surface area contributed by atoms with Crippen LogP contribution in [0.4, 0.5) is 13.2 Å². The second kappa shape index (κ2) is 8.72. The van der Waals surface area contributed by atoms with Crippen molar-refractivity contribution in [1.82, 2.24) is 9.36 Å². The molecule has 1 saturated carbocycles. The van der Waals surface area contributed by atoms with Crippen molar-refractivity contribution in [2.24, 2.45) is 0 Å². The summed E-state index contributed by atoms with van der Waals surface area (Å²) in [5.41, 5.74) is 1.40. The fourth-order valence-electron chi connectivity index (χ4n) is 4.25. The van der Waals surface area contributed by atoms with Crippen LogP contribution in [0.3, 0.4) is 0 Å². The summed E-state index contributed by atoms with van der Waals surface area (Å²) in [6, 6.07) is 12.1. The van der Waals surface area contributed by atoms with Gasteiger partial charge in [0.25, 0.3) is 5.56 Å². The number of ether oxygens (including phenoxy) is 2. The van der Waals surface area contributed by atoms with Gasteiger partial charge < -0.3 is 9.47 Å². The maximum Gasteiger partial charge on any atom is 0.490 e. The summed E-state index contributed by atoms with van der Waals surface area (Å²) in [5.74, 6) is -1.59. The zero-order valence-electron chi connectivity index (χ0n) is 17.5. The van der Waals surface area contributed by atoms with Gasteiger partial charge in [-0.2, -0.15) is 13.2 Å². The predicted octanol–water partition coefficient (Wildman–Crippen LogP) is 4.91. The molecule has 3 aromatic rings. The molecule has 0 unspecified atom stereocenters. The first-order valence-corrected chi connectivity index (χ1v) is 10.4. The summed E-state index contributed by atoms with van der Waals surface area (Å²) in [6.45, 7) is -0.565. The Morgan fingerprint density at radius 1 is 1.06 bits per heavy atom. The highest BCUT2D eigenvalue weighted by atomic mass is 19.4. The van der Waals surface area contributed by atoms with Crippen molar-refractivity contribution in [3.63, 3.8) is 0 Å². The van der Waals surface area contributed by atoms with Crippen LogP contribution in [0.5, 0.6) is 5.75 Å². The zero-order chi connectivity index (χ0) is 22.9. The minimum absolute atomic E-state index is 0.130. The molecule has 0 radical (unpaired) electrons. The number of aromatic nitrogens is 2. The molecule has 170 valence electrons. The van der Waals surface area contributed by atoms with E-state index in [1.54, 1.807) is 48.2 Å². The Morgan fingerprint density at radius 2 is 1.75 bits per heavy atom. The molecule has 0 atom stereocenters. The van der Waals surface area contributed by atoms with Gasteiger partial charge in [0.15, 0.2) is 0 Å². The van der Waals surface area contributed by atoms with E-state index in [4.69, 9.17) is 4.74 Å². The van der Waals surface area contributed by atoms with Crippen LogP contribution >= 0.6 is 0 Å². The summed E-state index contributed by atoms with van der Waals surface area (Å²) in [6.07, 6.45) is 0.0839. The number of nitrogens with zero attached hydrogens (tertiary/aromatic N) is 2. The predicted molar refractivity (Wildman–Crippen MR) is 112 cm³/mol. The normalized spacial score (nSPS) is 15.1. The van der Waals surface area contributed by atoms with Gasteiger partial charge >= 0.3 is 12.1 Å². The molecule has 0 amide bonds. The third-order valence-electron chi connectivity index (χ3n) is 5.78. The van der Waals surface area contributed by atoms with Crippen molar-refractivity contribution in [1.29, 1.82) is 0 Å². The van der Waals surface area contributed by atoms with E-state index in [0.717, 1.165) is 32.1 Å². The molecule has 1 aromatic heterocycles. The third-order valence-corrected chi connectivity index (χ3v) is 5.78. The first-order chi connectivity index (χ1) is 15.3.